The van der Waals surface area contributed by atoms with Crippen molar-refractivity contribution in [2.45, 2.75) is 39.0 Å². The molecule has 0 N–H and O–H groups in total. The maximum Gasteiger partial charge on any atom is 0.337 e. The van der Waals surface area contributed by atoms with E-state index in [0.29, 0.717) is 11.0 Å². The molecule has 0 aliphatic carbocycles. The number of nitrogens with zero attached hydrogens (tertiary/aromatic N) is 1. The molecule has 0 spiro atoms. The van der Waals surface area contributed by atoms with Crippen molar-refractivity contribution in [3.8, 4) is 0 Å². The Labute approximate surface area is 117 Å². The summed E-state index contributed by atoms with van der Waals surface area (Å²) < 4.78 is 0. The molecule has 0 saturated carbocycles. The van der Waals surface area contributed by atoms with E-state index in [1.165, 1.54) is 5.56 Å². The van der Waals surface area contributed by atoms with Gasteiger partial charge in [-0.3, -0.25) is 9.59 Å². The van der Waals surface area contributed by atoms with Gasteiger partial charge in [-0.1, -0.05) is 38.1 Å². The fourth-order valence-corrected chi connectivity index (χ4v) is 1.98. The van der Waals surface area contributed by atoms with Crippen LogP contribution < -0.4 is 0 Å². The first-order valence-electron chi connectivity index (χ1n) is 6.63. The van der Waals surface area contributed by atoms with Crippen molar-refractivity contribution in [2.75, 3.05) is 0 Å². The number of carbonyl (C=O) groups excluding carboxylic acids is 3. The Bertz CT molecular complexity index is 517. The van der Waals surface area contributed by atoms with E-state index >= 15 is 0 Å². The Morgan fingerprint density at radius 3 is 2.20 bits per heavy atom. The molecular formula is C15H17NO4. The fourth-order valence-electron chi connectivity index (χ4n) is 1.98. The topological polar surface area (TPSA) is 63.7 Å². The van der Waals surface area contributed by atoms with E-state index in [-0.39, 0.29) is 19.3 Å². The van der Waals surface area contributed by atoms with Crippen LogP contribution in [0.2, 0.25) is 0 Å². The summed E-state index contributed by atoms with van der Waals surface area (Å²) in [7, 11) is 0. The second-order valence-electron chi connectivity index (χ2n) is 5.12. The predicted molar refractivity (Wildman–Crippen MR) is 71.4 cm³/mol. The first-order chi connectivity index (χ1) is 9.47. The number of imide groups is 1. The third-order valence-corrected chi connectivity index (χ3v) is 3.19. The second-order valence-corrected chi connectivity index (χ2v) is 5.12. The number of hydroxylamine groups is 2. The van der Waals surface area contributed by atoms with Gasteiger partial charge in [-0.2, -0.15) is 0 Å². The normalized spacial score (nSPS) is 15.1. The van der Waals surface area contributed by atoms with E-state index in [1.54, 1.807) is 0 Å². The molecule has 20 heavy (non-hydrogen) atoms. The van der Waals surface area contributed by atoms with E-state index in [9.17, 15) is 14.4 Å². The van der Waals surface area contributed by atoms with Crippen molar-refractivity contribution in [1.82, 2.24) is 5.06 Å². The first-order valence-corrected chi connectivity index (χ1v) is 6.63. The zero-order valence-electron chi connectivity index (χ0n) is 11.6. The standard InChI is InChI=1S/C15H17NO4/c1-10(2)12-5-3-11(4-6-12)9-15(19)20-16-13(17)7-8-14(16)18/h3-6,10H,7-9H2,1-2H3. The number of hydrogen-bond donors (Lipinski definition) is 0. The van der Waals surface area contributed by atoms with Crippen LogP contribution in [0.3, 0.4) is 0 Å². The van der Waals surface area contributed by atoms with Crippen LogP contribution in [0.25, 0.3) is 0 Å². The van der Waals surface area contributed by atoms with Gasteiger partial charge < -0.3 is 4.84 Å². The molecule has 0 aromatic heterocycles. The maximum atomic E-state index is 11.7. The highest BCUT2D eigenvalue weighted by molar-refractivity contribution is 6.01. The Hall–Kier alpha value is -2.17. The number of hydrogen-bond acceptors (Lipinski definition) is 4. The van der Waals surface area contributed by atoms with E-state index in [2.05, 4.69) is 13.8 Å². The molecule has 0 unspecified atom stereocenters. The van der Waals surface area contributed by atoms with Crippen molar-refractivity contribution in [3.05, 3.63) is 35.4 Å². The van der Waals surface area contributed by atoms with Crippen molar-refractivity contribution >= 4 is 17.8 Å². The SMILES string of the molecule is CC(C)c1ccc(CC(=O)ON2C(=O)CCC2=O)cc1. The first kappa shape index (κ1) is 14.2. The van der Waals surface area contributed by atoms with Crippen LogP contribution in [-0.4, -0.2) is 22.8 Å². The van der Waals surface area contributed by atoms with Crippen molar-refractivity contribution in [1.29, 1.82) is 0 Å². The van der Waals surface area contributed by atoms with Crippen molar-refractivity contribution in [3.63, 3.8) is 0 Å². The zero-order chi connectivity index (χ0) is 14.7. The van der Waals surface area contributed by atoms with Gasteiger partial charge >= 0.3 is 5.97 Å². The van der Waals surface area contributed by atoms with Gasteiger partial charge in [0.25, 0.3) is 11.8 Å². The van der Waals surface area contributed by atoms with Gasteiger partial charge in [0.1, 0.15) is 0 Å². The van der Waals surface area contributed by atoms with Crippen LogP contribution in [0, 0.1) is 0 Å². The molecule has 1 fully saturated rings. The minimum absolute atomic E-state index is 0.0371. The van der Waals surface area contributed by atoms with Gasteiger partial charge in [-0.05, 0) is 17.0 Å². The maximum absolute atomic E-state index is 11.7. The van der Waals surface area contributed by atoms with Crippen LogP contribution in [0.5, 0.6) is 0 Å². The van der Waals surface area contributed by atoms with Crippen LogP contribution in [0.15, 0.2) is 24.3 Å². The molecule has 5 heteroatoms. The molecular weight excluding hydrogens is 258 g/mol. The summed E-state index contributed by atoms with van der Waals surface area (Å²) in [6.07, 6.45) is 0.250. The summed E-state index contributed by atoms with van der Waals surface area (Å²) in [5, 5.41) is 0.574. The van der Waals surface area contributed by atoms with Gasteiger partial charge in [0, 0.05) is 12.8 Å². The highest BCUT2D eigenvalue weighted by Crippen LogP contribution is 2.16. The monoisotopic (exact) mass is 275 g/mol. The van der Waals surface area contributed by atoms with Gasteiger partial charge in [-0.15, -0.1) is 5.06 Å². The lowest BCUT2D eigenvalue weighted by atomic mass is 10.0. The molecule has 0 atom stereocenters. The number of carbonyl (C=O) groups is 3. The summed E-state index contributed by atoms with van der Waals surface area (Å²) in [5.41, 5.74) is 1.98. The predicted octanol–water partition coefficient (Wildman–Crippen LogP) is 1.96. The molecule has 0 bridgehead atoms. The van der Waals surface area contributed by atoms with Gasteiger partial charge in [0.05, 0.1) is 6.42 Å². The molecule has 1 aromatic rings. The largest absolute Gasteiger partial charge is 0.337 e. The number of benzene rings is 1. The smallest absolute Gasteiger partial charge is 0.330 e. The van der Waals surface area contributed by atoms with Crippen LogP contribution in [0.1, 0.15) is 43.7 Å². The van der Waals surface area contributed by atoms with Gasteiger partial charge in [0.2, 0.25) is 0 Å². The molecule has 1 aliphatic heterocycles. The minimum Gasteiger partial charge on any atom is -0.330 e. The second kappa shape index (κ2) is 5.86. The summed E-state index contributed by atoms with van der Waals surface area (Å²) in [4.78, 5) is 39.2. The Kier molecular flexibility index (Phi) is 4.17. The van der Waals surface area contributed by atoms with Crippen LogP contribution >= 0.6 is 0 Å². The molecule has 2 amide bonds. The average molecular weight is 275 g/mol. The van der Waals surface area contributed by atoms with Gasteiger partial charge in [0.15, 0.2) is 0 Å². The highest BCUT2D eigenvalue weighted by Gasteiger charge is 2.32. The van der Waals surface area contributed by atoms with E-state index in [0.717, 1.165) is 5.56 Å². The van der Waals surface area contributed by atoms with Gasteiger partial charge in [-0.25, -0.2) is 4.79 Å². The van der Waals surface area contributed by atoms with E-state index in [4.69, 9.17) is 4.84 Å². The summed E-state index contributed by atoms with van der Waals surface area (Å²) in [5.74, 6) is -1.10. The molecule has 1 heterocycles. The molecule has 1 aliphatic rings. The highest BCUT2D eigenvalue weighted by atomic mass is 16.7. The summed E-state index contributed by atoms with van der Waals surface area (Å²) in [6, 6.07) is 7.62. The quantitative estimate of drug-likeness (QED) is 0.788. The van der Waals surface area contributed by atoms with Crippen LogP contribution in [-0.2, 0) is 25.6 Å². The van der Waals surface area contributed by atoms with Crippen LogP contribution in [0.4, 0.5) is 0 Å². The molecule has 1 aromatic carbocycles. The fraction of sp³-hybridized carbons (Fsp3) is 0.400. The van der Waals surface area contributed by atoms with Crippen molar-refractivity contribution in [2.24, 2.45) is 0 Å². The zero-order valence-corrected chi connectivity index (χ0v) is 11.6. The molecule has 1 saturated heterocycles. The molecule has 5 nitrogen and oxygen atoms in total. The van der Waals surface area contributed by atoms with E-state index < -0.39 is 17.8 Å². The number of amides is 2. The average Bonchev–Trinajstić information content (AvgIpc) is 2.71. The van der Waals surface area contributed by atoms with Crippen molar-refractivity contribution < 1.29 is 19.2 Å². The summed E-state index contributed by atoms with van der Waals surface area (Å²) >= 11 is 0. The Balaban J connectivity index is 1.94. The third-order valence-electron chi connectivity index (χ3n) is 3.19. The minimum atomic E-state index is -0.606. The molecule has 2 rings (SSSR count). The Morgan fingerprint density at radius 1 is 1.15 bits per heavy atom. The lowest BCUT2D eigenvalue weighted by molar-refractivity contribution is -0.197. The molecule has 106 valence electrons. The number of rotatable bonds is 4. The molecule has 0 radical (unpaired) electrons. The lowest BCUT2D eigenvalue weighted by Gasteiger charge is -2.12. The van der Waals surface area contributed by atoms with E-state index in [1.807, 2.05) is 24.3 Å². The third kappa shape index (κ3) is 3.23. The summed E-state index contributed by atoms with van der Waals surface area (Å²) in [6.45, 7) is 4.18. The Morgan fingerprint density at radius 2 is 1.70 bits per heavy atom. The lowest BCUT2D eigenvalue weighted by Crippen LogP contribution is -2.32.